The molecule has 2 nitrogen and oxygen atoms in total. The molecule has 4 heteroatoms. The molecule has 0 aromatic heterocycles. The Bertz CT molecular complexity index is 584. The van der Waals surface area contributed by atoms with Crippen molar-refractivity contribution in [2.75, 3.05) is 7.11 Å². The second kappa shape index (κ2) is 6.31. The Hall–Kier alpha value is -1.19. The van der Waals surface area contributed by atoms with E-state index in [0.717, 1.165) is 21.3 Å². The molecule has 0 radical (unpaired) electrons. The van der Waals surface area contributed by atoms with Crippen molar-refractivity contribution < 1.29 is 9.47 Å². The zero-order valence-electron chi connectivity index (χ0n) is 10.7. The van der Waals surface area contributed by atoms with Crippen LogP contribution < -0.4 is 9.47 Å². The molecular formula is C15H14BrClO2. The predicted octanol–water partition coefficient (Wildman–Crippen LogP) is 5.00. The first-order valence-electron chi connectivity index (χ1n) is 5.81. The highest BCUT2D eigenvalue weighted by atomic mass is 79.9. The first kappa shape index (κ1) is 14.2. The summed E-state index contributed by atoms with van der Waals surface area (Å²) in [6.45, 7) is 2.44. The Morgan fingerprint density at radius 1 is 1.16 bits per heavy atom. The van der Waals surface area contributed by atoms with E-state index in [9.17, 15) is 0 Å². The van der Waals surface area contributed by atoms with Gasteiger partial charge in [0.15, 0.2) is 0 Å². The van der Waals surface area contributed by atoms with Gasteiger partial charge in [-0.3, -0.25) is 0 Å². The number of ether oxygens (including phenoxy) is 2. The minimum absolute atomic E-state index is 0.432. The average Bonchev–Trinajstić information content (AvgIpc) is 2.41. The maximum Gasteiger partial charge on any atom is 0.138 e. The van der Waals surface area contributed by atoms with Gasteiger partial charge in [0.05, 0.1) is 12.1 Å². The molecule has 0 atom stereocenters. The third-order valence-corrected chi connectivity index (χ3v) is 3.81. The molecule has 19 heavy (non-hydrogen) atoms. The third kappa shape index (κ3) is 3.64. The Labute approximate surface area is 126 Å². The Balaban J connectivity index is 2.16. The van der Waals surface area contributed by atoms with Gasteiger partial charge in [0.25, 0.3) is 0 Å². The molecule has 100 valence electrons. The van der Waals surface area contributed by atoms with Crippen molar-refractivity contribution in [3.05, 3.63) is 57.0 Å². The highest BCUT2D eigenvalue weighted by molar-refractivity contribution is 9.10. The van der Waals surface area contributed by atoms with Crippen LogP contribution in [-0.2, 0) is 6.61 Å². The molecule has 2 rings (SSSR count). The highest BCUT2D eigenvalue weighted by Crippen LogP contribution is 2.28. The van der Waals surface area contributed by atoms with E-state index in [1.807, 2.05) is 43.3 Å². The fourth-order valence-corrected chi connectivity index (χ4v) is 2.20. The molecule has 0 fully saturated rings. The van der Waals surface area contributed by atoms with E-state index >= 15 is 0 Å². The normalized spacial score (nSPS) is 10.3. The van der Waals surface area contributed by atoms with Gasteiger partial charge in [0.2, 0.25) is 0 Å². The van der Waals surface area contributed by atoms with Crippen LogP contribution in [0.4, 0.5) is 0 Å². The van der Waals surface area contributed by atoms with E-state index in [0.29, 0.717) is 17.4 Å². The Kier molecular flexibility index (Phi) is 4.72. The lowest BCUT2D eigenvalue weighted by Gasteiger charge is -2.11. The summed E-state index contributed by atoms with van der Waals surface area (Å²) in [7, 11) is 1.64. The van der Waals surface area contributed by atoms with Crippen molar-refractivity contribution in [2.24, 2.45) is 0 Å². The summed E-state index contributed by atoms with van der Waals surface area (Å²) >= 11 is 9.60. The summed E-state index contributed by atoms with van der Waals surface area (Å²) in [5, 5.41) is 0.615. The van der Waals surface area contributed by atoms with Crippen molar-refractivity contribution in [1.29, 1.82) is 0 Å². The number of halogens is 2. The van der Waals surface area contributed by atoms with Crippen molar-refractivity contribution in [1.82, 2.24) is 0 Å². The van der Waals surface area contributed by atoms with E-state index in [1.165, 1.54) is 0 Å². The predicted molar refractivity (Wildman–Crippen MR) is 81.2 cm³/mol. The zero-order chi connectivity index (χ0) is 13.8. The number of methoxy groups -OCH3 is 1. The molecule has 0 aliphatic rings. The van der Waals surface area contributed by atoms with Crippen LogP contribution in [0, 0.1) is 6.92 Å². The molecule has 0 N–H and O–H groups in total. The van der Waals surface area contributed by atoms with Crippen molar-refractivity contribution >= 4 is 27.5 Å². The monoisotopic (exact) mass is 340 g/mol. The number of benzene rings is 2. The smallest absolute Gasteiger partial charge is 0.138 e. The van der Waals surface area contributed by atoms with Crippen LogP contribution in [0.3, 0.4) is 0 Å². The molecule has 0 heterocycles. The molecule has 2 aromatic carbocycles. The fourth-order valence-electron chi connectivity index (χ4n) is 1.67. The maximum absolute atomic E-state index is 6.10. The van der Waals surface area contributed by atoms with Gasteiger partial charge in [-0.25, -0.2) is 0 Å². The number of hydrogen-bond donors (Lipinski definition) is 0. The van der Waals surface area contributed by atoms with Gasteiger partial charge >= 0.3 is 0 Å². The average molecular weight is 342 g/mol. The lowest BCUT2D eigenvalue weighted by atomic mass is 10.2. The molecule has 0 unspecified atom stereocenters. The van der Waals surface area contributed by atoms with Crippen LogP contribution in [0.5, 0.6) is 11.5 Å². The van der Waals surface area contributed by atoms with E-state index in [2.05, 4.69) is 15.9 Å². The summed E-state index contributed by atoms with van der Waals surface area (Å²) in [4.78, 5) is 0. The molecule has 0 amide bonds. The van der Waals surface area contributed by atoms with Crippen LogP contribution in [0.15, 0.2) is 40.9 Å². The molecular weight excluding hydrogens is 328 g/mol. The quantitative estimate of drug-likeness (QED) is 0.779. The topological polar surface area (TPSA) is 18.5 Å². The van der Waals surface area contributed by atoms with Gasteiger partial charge < -0.3 is 9.47 Å². The van der Waals surface area contributed by atoms with E-state index in [4.69, 9.17) is 21.1 Å². The summed E-state index contributed by atoms with van der Waals surface area (Å²) in [5.74, 6) is 1.49. The Morgan fingerprint density at radius 3 is 2.68 bits per heavy atom. The van der Waals surface area contributed by atoms with Crippen molar-refractivity contribution in [3.8, 4) is 11.5 Å². The van der Waals surface area contributed by atoms with Crippen LogP contribution in [0.25, 0.3) is 0 Å². The highest BCUT2D eigenvalue weighted by Gasteiger charge is 2.06. The van der Waals surface area contributed by atoms with Gasteiger partial charge in [-0.1, -0.05) is 33.6 Å². The number of hydrogen-bond acceptors (Lipinski definition) is 2. The minimum atomic E-state index is 0.432. The SMILES string of the molecule is COc1ccc(Br)c(COc2cc(C)ccc2Cl)c1. The minimum Gasteiger partial charge on any atom is -0.497 e. The van der Waals surface area contributed by atoms with Gasteiger partial charge in [-0.2, -0.15) is 0 Å². The fraction of sp³-hybridized carbons (Fsp3) is 0.200. The van der Waals surface area contributed by atoms with E-state index in [1.54, 1.807) is 7.11 Å². The van der Waals surface area contributed by atoms with Crippen LogP contribution in [-0.4, -0.2) is 7.11 Å². The first-order valence-corrected chi connectivity index (χ1v) is 6.98. The second-order valence-corrected chi connectivity index (χ2v) is 5.44. The van der Waals surface area contributed by atoms with Gasteiger partial charge in [0, 0.05) is 10.0 Å². The molecule has 0 aliphatic carbocycles. The lowest BCUT2D eigenvalue weighted by Crippen LogP contribution is -1.98. The van der Waals surface area contributed by atoms with Crippen LogP contribution in [0.2, 0.25) is 5.02 Å². The maximum atomic E-state index is 6.10. The molecule has 0 saturated carbocycles. The summed E-state index contributed by atoms with van der Waals surface area (Å²) in [6, 6.07) is 11.5. The number of aryl methyl sites for hydroxylation is 1. The first-order chi connectivity index (χ1) is 9.10. The summed E-state index contributed by atoms with van der Waals surface area (Å²) in [5.41, 5.74) is 2.13. The van der Waals surface area contributed by atoms with E-state index in [-0.39, 0.29) is 0 Å². The Morgan fingerprint density at radius 2 is 1.95 bits per heavy atom. The van der Waals surface area contributed by atoms with Crippen molar-refractivity contribution in [3.63, 3.8) is 0 Å². The second-order valence-electron chi connectivity index (χ2n) is 4.18. The van der Waals surface area contributed by atoms with E-state index < -0.39 is 0 Å². The number of rotatable bonds is 4. The lowest BCUT2D eigenvalue weighted by molar-refractivity contribution is 0.304. The standard InChI is InChI=1S/C15H14BrClO2/c1-10-3-6-14(17)15(7-10)19-9-11-8-12(18-2)4-5-13(11)16/h3-8H,9H2,1-2H3. The summed E-state index contributed by atoms with van der Waals surface area (Å²) in [6.07, 6.45) is 0. The van der Waals surface area contributed by atoms with Crippen LogP contribution >= 0.6 is 27.5 Å². The molecule has 0 spiro atoms. The zero-order valence-corrected chi connectivity index (χ0v) is 13.1. The van der Waals surface area contributed by atoms with Gasteiger partial charge in [-0.05, 0) is 42.8 Å². The van der Waals surface area contributed by atoms with Crippen LogP contribution in [0.1, 0.15) is 11.1 Å². The largest absolute Gasteiger partial charge is 0.497 e. The molecule has 0 saturated heterocycles. The summed E-state index contributed by atoms with van der Waals surface area (Å²) < 4.78 is 12.0. The molecule has 2 aromatic rings. The van der Waals surface area contributed by atoms with Gasteiger partial charge in [0.1, 0.15) is 18.1 Å². The third-order valence-electron chi connectivity index (χ3n) is 2.72. The van der Waals surface area contributed by atoms with Gasteiger partial charge in [-0.15, -0.1) is 0 Å². The van der Waals surface area contributed by atoms with Crippen molar-refractivity contribution in [2.45, 2.75) is 13.5 Å². The molecule has 0 bridgehead atoms. The molecule has 0 aliphatic heterocycles.